The Morgan fingerprint density at radius 3 is 2.57 bits per heavy atom. The Balaban J connectivity index is 2.45. The van der Waals surface area contributed by atoms with E-state index in [0.29, 0.717) is 0 Å². The van der Waals surface area contributed by atoms with Crippen molar-refractivity contribution in [1.29, 1.82) is 0 Å². The molecular formula is C6H4O. The number of rotatable bonds is 4. The van der Waals surface area contributed by atoms with Gasteiger partial charge in [-0.2, -0.15) is 0 Å². The van der Waals surface area contributed by atoms with Crippen molar-refractivity contribution in [2.75, 3.05) is 0 Å². The second-order valence-electron chi connectivity index (χ2n) is 0.785. The summed E-state index contributed by atoms with van der Waals surface area (Å²) in [4.78, 5) is 0. The molecule has 0 heterocycles. The first-order valence-electron chi connectivity index (χ1n) is 1.82. The van der Waals surface area contributed by atoms with Gasteiger partial charge in [-0.1, -0.05) is 6.92 Å². The Kier molecular flexibility index (Phi) is 5.93. The van der Waals surface area contributed by atoms with Crippen LogP contribution in [0.5, 0.6) is 0 Å². The van der Waals surface area contributed by atoms with E-state index in [-0.39, 0.29) is 0 Å². The fourth-order valence-electron chi connectivity index (χ4n) is 0.134. The Labute approximate surface area is 45.4 Å². The summed E-state index contributed by atoms with van der Waals surface area (Å²) >= 11 is 0. The highest BCUT2D eigenvalue weighted by molar-refractivity contribution is 5.04. The molecular weight excluding hydrogens is 88.1 g/mol. The lowest BCUT2D eigenvalue weighted by atomic mass is 10.2. The van der Waals surface area contributed by atoms with Gasteiger partial charge in [-0.15, -0.1) is 0 Å². The average Bonchev–Trinajstić information content (AvgIpc) is 1.69. The topological polar surface area (TPSA) is 19.9 Å². The molecule has 0 unspecified atom stereocenters. The molecule has 0 rings (SSSR count). The number of hydrogen-bond acceptors (Lipinski definition) is 0. The minimum atomic E-state index is 1.41. The van der Waals surface area contributed by atoms with Crippen LogP contribution in [0, 0.1) is 32.3 Å². The Morgan fingerprint density at radius 2 is 2.14 bits per heavy atom. The van der Waals surface area contributed by atoms with Crippen LogP contribution in [0.2, 0.25) is 0 Å². The van der Waals surface area contributed by atoms with Crippen LogP contribution in [0.15, 0.2) is 0 Å². The SMILES string of the molecule is C[CH][C][C][C][C][O]. The maximum atomic E-state index is 9.33. The molecule has 0 aliphatic rings. The fourth-order valence-corrected chi connectivity index (χ4v) is 0.134. The van der Waals surface area contributed by atoms with Crippen molar-refractivity contribution in [3.8, 4) is 0 Å². The molecule has 0 amide bonds. The molecule has 10 radical (unpaired) electrons. The van der Waals surface area contributed by atoms with E-state index in [1.165, 1.54) is 6.61 Å². The van der Waals surface area contributed by atoms with Crippen LogP contribution in [-0.4, -0.2) is 0 Å². The molecule has 0 aromatic heterocycles. The fraction of sp³-hybridized carbons (Fsp3) is 0.167. The normalized spacial score (nSPS) is 9.43. The predicted octanol–water partition coefficient (Wildman–Crippen LogP) is 0.924. The van der Waals surface area contributed by atoms with E-state index in [4.69, 9.17) is 0 Å². The van der Waals surface area contributed by atoms with E-state index in [1.54, 1.807) is 13.3 Å². The summed E-state index contributed by atoms with van der Waals surface area (Å²) in [5.41, 5.74) is 0. The number of hydrogen-bond donors (Lipinski definition) is 0. The largest absolute Gasteiger partial charge is 0.222 e. The van der Waals surface area contributed by atoms with Gasteiger partial charge in [0.2, 0.25) is 0 Å². The zero-order valence-corrected chi connectivity index (χ0v) is 3.99. The van der Waals surface area contributed by atoms with E-state index >= 15 is 0 Å². The molecule has 0 spiro atoms. The van der Waals surface area contributed by atoms with Gasteiger partial charge in [0.25, 0.3) is 0 Å². The van der Waals surface area contributed by atoms with Crippen molar-refractivity contribution < 1.29 is 5.11 Å². The smallest absolute Gasteiger partial charge is 0.182 e. The second-order valence-corrected chi connectivity index (χ2v) is 0.785. The van der Waals surface area contributed by atoms with E-state index in [1.807, 2.05) is 0 Å². The standard InChI is InChI=1S/C6H4O/c1-2-3-4-5-6-7/h2H,1H3. The van der Waals surface area contributed by atoms with Gasteiger partial charge in [0.05, 0.1) is 0 Å². The van der Waals surface area contributed by atoms with Gasteiger partial charge in [-0.3, -0.25) is 0 Å². The van der Waals surface area contributed by atoms with Gasteiger partial charge in [-0.05, 0) is 12.8 Å². The molecule has 0 saturated heterocycles. The van der Waals surface area contributed by atoms with Crippen LogP contribution in [0.4, 0.5) is 0 Å². The van der Waals surface area contributed by atoms with Crippen LogP contribution in [-0.2, 0) is 5.11 Å². The monoisotopic (exact) mass is 92.0 g/mol. The first kappa shape index (κ1) is 6.96. The van der Waals surface area contributed by atoms with Crippen molar-refractivity contribution in [3.63, 3.8) is 0 Å². The lowest BCUT2D eigenvalue weighted by Gasteiger charge is -1.84. The average molecular weight is 92.1 g/mol. The molecule has 0 aromatic carbocycles. The van der Waals surface area contributed by atoms with Gasteiger partial charge in [0, 0.05) is 12.8 Å². The summed E-state index contributed by atoms with van der Waals surface area (Å²) in [5, 5.41) is 9.33. The quantitative estimate of drug-likeness (QED) is 0.459. The van der Waals surface area contributed by atoms with Crippen LogP contribution in [0.1, 0.15) is 6.92 Å². The minimum Gasteiger partial charge on any atom is -0.222 e. The molecule has 1 nitrogen and oxygen atoms in total. The highest BCUT2D eigenvalue weighted by atomic mass is 16.2. The third-order valence-corrected chi connectivity index (χ3v) is 0.330. The van der Waals surface area contributed by atoms with Gasteiger partial charge in [0.15, 0.2) is 6.61 Å². The van der Waals surface area contributed by atoms with E-state index in [2.05, 4.69) is 19.3 Å². The predicted molar refractivity (Wildman–Crippen MR) is 23.6 cm³/mol. The third-order valence-electron chi connectivity index (χ3n) is 0.330. The minimum absolute atomic E-state index is 1.41. The van der Waals surface area contributed by atoms with Crippen LogP contribution in [0.25, 0.3) is 0 Å². The third kappa shape index (κ3) is 5.96. The molecule has 0 fully saturated rings. The molecule has 34 valence electrons. The van der Waals surface area contributed by atoms with E-state index in [9.17, 15) is 5.11 Å². The maximum absolute atomic E-state index is 9.33. The van der Waals surface area contributed by atoms with Crippen LogP contribution < -0.4 is 0 Å². The summed E-state index contributed by atoms with van der Waals surface area (Å²) in [6, 6.07) is 0. The van der Waals surface area contributed by atoms with Crippen molar-refractivity contribution in [2.45, 2.75) is 6.92 Å². The van der Waals surface area contributed by atoms with Crippen molar-refractivity contribution in [2.24, 2.45) is 0 Å². The summed E-state index contributed by atoms with van der Waals surface area (Å²) in [7, 11) is 0. The van der Waals surface area contributed by atoms with Gasteiger partial charge in [-0.25, -0.2) is 5.11 Å². The highest BCUT2D eigenvalue weighted by Crippen LogP contribution is 1.93. The highest BCUT2D eigenvalue weighted by Gasteiger charge is 1.87. The first-order valence-corrected chi connectivity index (χ1v) is 1.82. The Bertz CT molecular complexity index is 23.4. The van der Waals surface area contributed by atoms with E-state index in [0.717, 1.165) is 0 Å². The zero-order valence-electron chi connectivity index (χ0n) is 3.99. The van der Waals surface area contributed by atoms with Crippen molar-refractivity contribution >= 4 is 0 Å². The Hall–Kier alpha value is -0.0400. The second kappa shape index (κ2) is 5.96. The lowest BCUT2D eigenvalue weighted by Crippen LogP contribution is -1.77. The first-order chi connectivity index (χ1) is 3.41. The molecule has 0 saturated carbocycles. The molecule has 0 aromatic rings. The summed E-state index contributed by atoms with van der Waals surface area (Å²) < 4.78 is 0. The molecule has 0 atom stereocenters. The van der Waals surface area contributed by atoms with Gasteiger partial charge in [0.1, 0.15) is 0 Å². The van der Waals surface area contributed by atoms with Gasteiger partial charge < -0.3 is 0 Å². The number of unbranched alkanes of at least 4 members (excludes halogenated alkanes) is 3. The molecule has 7 heavy (non-hydrogen) atoms. The summed E-state index contributed by atoms with van der Waals surface area (Å²) in [6.07, 6.45) is 8.49. The molecule has 1 heteroatoms. The molecule has 0 aliphatic heterocycles. The lowest BCUT2D eigenvalue weighted by molar-refractivity contribution is 0.296. The van der Waals surface area contributed by atoms with Crippen LogP contribution in [0.3, 0.4) is 0 Å². The van der Waals surface area contributed by atoms with Crippen molar-refractivity contribution in [3.05, 3.63) is 32.3 Å². The van der Waals surface area contributed by atoms with Crippen LogP contribution >= 0.6 is 0 Å². The molecule has 0 bridgehead atoms. The molecule has 0 N–H and O–H groups in total. The van der Waals surface area contributed by atoms with E-state index < -0.39 is 0 Å². The zero-order chi connectivity index (χ0) is 5.54. The van der Waals surface area contributed by atoms with Gasteiger partial charge >= 0.3 is 0 Å². The maximum Gasteiger partial charge on any atom is 0.182 e. The summed E-state index contributed by atoms with van der Waals surface area (Å²) in [5.74, 6) is 0. The summed E-state index contributed by atoms with van der Waals surface area (Å²) in [6.45, 7) is 3.19. The Morgan fingerprint density at radius 1 is 1.43 bits per heavy atom. The van der Waals surface area contributed by atoms with Crippen molar-refractivity contribution in [1.82, 2.24) is 0 Å². The molecule has 0 aliphatic carbocycles.